The normalized spacial score (nSPS) is 12.2. The highest BCUT2D eigenvalue weighted by Crippen LogP contribution is 2.17. The van der Waals surface area contributed by atoms with Crippen LogP contribution in [-0.4, -0.2) is 31.3 Å². The molecule has 7 heteroatoms. The summed E-state index contributed by atoms with van der Waals surface area (Å²) in [5, 5.41) is 14.6. The fourth-order valence-corrected chi connectivity index (χ4v) is 1.96. The molecule has 108 valence electrons. The lowest BCUT2D eigenvalue weighted by atomic mass is 10.3. The molecule has 0 aromatic carbocycles. The zero-order valence-electron chi connectivity index (χ0n) is 12.4. The monoisotopic (exact) mass is 275 g/mol. The highest BCUT2D eigenvalue weighted by Gasteiger charge is 2.12. The van der Waals surface area contributed by atoms with Crippen molar-refractivity contribution < 1.29 is 0 Å². The molecule has 2 aromatic heterocycles. The summed E-state index contributed by atoms with van der Waals surface area (Å²) in [7, 11) is 1.92. The van der Waals surface area contributed by atoms with Gasteiger partial charge in [0.25, 0.3) is 0 Å². The topological polar surface area (TPSA) is 80.5 Å². The van der Waals surface area contributed by atoms with E-state index in [1.165, 1.54) is 0 Å². The zero-order valence-corrected chi connectivity index (χ0v) is 12.4. The molecule has 0 radical (unpaired) electrons. The van der Waals surface area contributed by atoms with E-state index in [1.54, 1.807) is 6.33 Å². The second kappa shape index (κ2) is 6.31. The average Bonchev–Trinajstić information content (AvgIpc) is 2.82. The maximum Gasteiger partial charge on any atom is 0.154 e. The maximum absolute atomic E-state index is 4.40. The molecule has 0 bridgehead atoms. The standard InChI is InChI=1S/C13H21N7/c1-5-6-14-11-7-12(18-10(3)17-11)16-9(2)13-19-15-8-20(13)4/h7-9H,5-6H2,1-4H3,(H2,14,16,17,18). The molecule has 20 heavy (non-hydrogen) atoms. The van der Waals surface area contributed by atoms with Crippen LogP contribution in [0.15, 0.2) is 12.4 Å². The minimum atomic E-state index is 0.0239. The predicted octanol–water partition coefficient (Wildman–Crippen LogP) is 1.91. The molecule has 1 atom stereocenters. The Labute approximate surface area is 118 Å². The van der Waals surface area contributed by atoms with Crippen molar-refractivity contribution in [1.82, 2.24) is 24.7 Å². The van der Waals surface area contributed by atoms with E-state index in [0.29, 0.717) is 0 Å². The number of aromatic nitrogens is 5. The van der Waals surface area contributed by atoms with E-state index in [-0.39, 0.29) is 6.04 Å². The molecule has 0 fully saturated rings. The lowest BCUT2D eigenvalue weighted by Crippen LogP contribution is -2.14. The molecule has 0 aliphatic heterocycles. The molecule has 2 heterocycles. The van der Waals surface area contributed by atoms with Gasteiger partial charge in [0.05, 0.1) is 6.04 Å². The van der Waals surface area contributed by atoms with Crippen LogP contribution < -0.4 is 10.6 Å². The summed E-state index contributed by atoms with van der Waals surface area (Å²) in [6.07, 6.45) is 2.74. The van der Waals surface area contributed by atoms with Crippen molar-refractivity contribution in [2.24, 2.45) is 7.05 Å². The van der Waals surface area contributed by atoms with Crippen molar-refractivity contribution in [3.05, 3.63) is 24.0 Å². The number of nitrogens with one attached hydrogen (secondary N) is 2. The van der Waals surface area contributed by atoms with Gasteiger partial charge in [-0.25, -0.2) is 9.97 Å². The molecule has 7 nitrogen and oxygen atoms in total. The molecular weight excluding hydrogens is 254 g/mol. The van der Waals surface area contributed by atoms with Gasteiger partial charge in [0, 0.05) is 19.7 Å². The Morgan fingerprint density at radius 1 is 1.30 bits per heavy atom. The van der Waals surface area contributed by atoms with Crippen LogP contribution in [0.5, 0.6) is 0 Å². The van der Waals surface area contributed by atoms with Gasteiger partial charge in [0.15, 0.2) is 5.82 Å². The summed E-state index contributed by atoms with van der Waals surface area (Å²) in [5.41, 5.74) is 0. The van der Waals surface area contributed by atoms with Crippen LogP contribution >= 0.6 is 0 Å². The molecule has 0 amide bonds. The van der Waals surface area contributed by atoms with Crippen LogP contribution in [-0.2, 0) is 7.05 Å². The molecule has 2 rings (SSSR count). The molecule has 1 unspecified atom stereocenters. The third-order valence-electron chi connectivity index (χ3n) is 2.89. The van der Waals surface area contributed by atoms with Crippen LogP contribution in [0.1, 0.15) is 38.0 Å². The third kappa shape index (κ3) is 3.43. The number of anilines is 2. The van der Waals surface area contributed by atoms with Gasteiger partial charge in [-0.1, -0.05) is 6.92 Å². The highest BCUT2D eigenvalue weighted by molar-refractivity contribution is 5.48. The summed E-state index contributed by atoms with van der Waals surface area (Å²) in [6.45, 7) is 6.93. The Bertz CT molecular complexity index is 564. The van der Waals surface area contributed by atoms with Gasteiger partial charge in [0.1, 0.15) is 23.8 Å². The summed E-state index contributed by atoms with van der Waals surface area (Å²) in [6, 6.07) is 1.94. The minimum Gasteiger partial charge on any atom is -0.370 e. The van der Waals surface area contributed by atoms with Crippen molar-refractivity contribution in [3.63, 3.8) is 0 Å². The van der Waals surface area contributed by atoms with Crippen LogP contribution in [0, 0.1) is 6.92 Å². The first-order valence-corrected chi connectivity index (χ1v) is 6.80. The second-order valence-corrected chi connectivity index (χ2v) is 4.78. The third-order valence-corrected chi connectivity index (χ3v) is 2.89. The average molecular weight is 275 g/mol. The highest BCUT2D eigenvalue weighted by atomic mass is 15.3. The van der Waals surface area contributed by atoms with E-state index in [1.807, 2.05) is 31.5 Å². The molecule has 0 aliphatic rings. The number of nitrogens with zero attached hydrogens (tertiary/aromatic N) is 5. The Morgan fingerprint density at radius 2 is 2.05 bits per heavy atom. The minimum absolute atomic E-state index is 0.0239. The Hall–Kier alpha value is -2.18. The van der Waals surface area contributed by atoms with Gasteiger partial charge in [-0.15, -0.1) is 10.2 Å². The number of aryl methyl sites for hydroxylation is 2. The smallest absolute Gasteiger partial charge is 0.154 e. The quantitative estimate of drug-likeness (QED) is 0.838. The zero-order chi connectivity index (χ0) is 14.5. The maximum atomic E-state index is 4.40. The van der Waals surface area contributed by atoms with Gasteiger partial charge in [-0.3, -0.25) is 0 Å². The van der Waals surface area contributed by atoms with Crippen LogP contribution in [0.2, 0.25) is 0 Å². The number of hydrogen-bond acceptors (Lipinski definition) is 6. The molecule has 2 N–H and O–H groups in total. The Balaban J connectivity index is 2.12. The van der Waals surface area contributed by atoms with E-state index < -0.39 is 0 Å². The molecular formula is C13H21N7. The summed E-state index contributed by atoms with van der Waals surface area (Å²) < 4.78 is 1.89. The van der Waals surface area contributed by atoms with E-state index in [2.05, 4.69) is 37.7 Å². The Morgan fingerprint density at radius 3 is 2.70 bits per heavy atom. The van der Waals surface area contributed by atoms with Crippen molar-refractivity contribution in [3.8, 4) is 0 Å². The van der Waals surface area contributed by atoms with E-state index in [9.17, 15) is 0 Å². The van der Waals surface area contributed by atoms with Gasteiger partial charge < -0.3 is 15.2 Å². The predicted molar refractivity (Wildman–Crippen MR) is 78.6 cm³/mol. The SMILES string of the molecule is CCCNc1cc(NC(C)c2nncn2C)nc(C)n1. The molecule has 0 spiro atoms. The molecule has 0 aliphatic carbocycles. The van der Waals surface area contributed by atoms with Gasteiger partial charge in [-0.2, -0.15) is 0 Å². The molecule has 2 aromatic rings. The Kier molecular flexibility index (Phi) is 4.49. The lowest BCUT2D eigenvalue weighted by molar-refractivity contribution is 0.715. The van der Waals surface area contributed by atoms with Crippen molar-refractivity contribution >= 4 is 11.6 Å². The van der Waals surface area contributed by atoms with Crippen molar-refractivity contribution in [2.45, 2.75) is 33.2 Å². The molecule has 0 saturated heterocycles. The van der Waals surface area contributed by atoms with Crippen molar-refractivity contribution in [2.75, 3.05) is 17.2 Å². The summed E-state index contributed by atoms with van der Waals surface area (Å²) in [5.74, 6) is 3.22. The first-order chi connectivity index (χ1) is 9.60. The van der Waals surface area contributed by atoms with Crippen LogP contribution in [0.25, 0.3) is 0 Å². The first-order valence-electron chi connectivity index (χ1n) is 6.80. The van der Waals surface area contributed by atoms with Gasteiger partial charge in [-0.05, 0) is 20.3 Å². The summed E-state index contributed by atoms with van der Waals surface area (Å²) in [4.78, 5) is 8.77. The number of hydrogen-bond donors (Lipinski definition) is 2. The second-order valence-electron chi connectivity index (χ2n) is 4.78. The van der Waals surface area contributed by atoms with Crippen LogP contribution in [0.4, 0.5) is 11.6 Å². The largest absolute Gasteiger partial charge is 0.370 e. The van der Waals surface area contributed by atoms with E-state index in [0.717, 1.165) is 36.3 Å². The first kappa shape index (κ1) is 14.2. The van der Waals surface area contributed by atoms with Crippen LogP contribution in [0.3, 0.4) is 0 Å². The molecule has 0 saturated carbocycles. The van der Waals surface area contributed by atoms with Gasteiger partial charge in [0.2, 0.25) is 0 Å². The number of rotatable bonds is 6. The van der Waals surface area contributed by atoms with Gasteiger partial charge >= 0.3 is 0 Å². The lowest BCUT2D eigenvalue weighted by Gasteiger charge is -2.15. The summed E-state index contributed by atoms with van der Waals surface area (Å²) >= 11 is 0. The fourth-order valence-electron chi connectivity index (χ4n) is 1.96. The van der Waals surface area contributed by atoms with E-state index in [4.69, 9.17) is 0 Å². The van der Waals surface area contributed by atoms with Crippen molar-refractivity contribution in [1.29, 1.82) is 0 Å². The van der Waals surface area contributed by atoms with E-state index >= 15 is 0 Å². The fraction of sp³-hybridized carbons (Fsp3) is 0.538.